The van der Waals surface area contributed by atoms with E-state index < -0.39 is 0 Å². The molecule has 0 aromatic carbocycles. The van der Waals surface area contributed by atoms with Gasteiger partial charge in [0.1, 0.15) is 6.29 Å². The number of amides is 2. The van der Waals surface area contributed by atoms with Crippen LogP contribution in [0.1, 0.15) is 64.7 Å². The molecule has 0 bridgehead atoms. The number of ether oxygens (including phenoxy) is 1. The second-order valence-electron chi connectivity index (χ2n) is 8.67. The third-order valence-electron chi connectivity index (χ3n) is 6.32. The number of nitrogens with one attached hydrogen (secondary N) is 6. The van der Waals surface area contributed by atoms with Crippen LogP contribution in [0.2, 0.25) is 0 Å². The number of urea groups is 1. The van der Waals surface area contributed by atoms with E-state index in [1.807, 2.05) is 0 Å². The average molecular weight is 397 g/mol. The fourth-order valence-corrected chi connectivity index (χ4v) is 4.65. The lowest BCUT2D eigenvalue weighted by atomic mass is 9.93. The van der Waals surface area contributed by atoms with Crippen LogP contribution in [0.5, 0.6) is 0 Å². The molecule has 0 aromatic rings. The summed E-state index contributed by atoms with van der Waals surface area (Å²) in [5.74, 6) is 0. The van der Waals surface area contributed by atoms with Gasteiger partial charge in [-0.1, -0.05) is 6.42 Å². The number of piperidine rings is 1. The third-order valence-corrected chi connectivity index (χ3v) is 6.32. The van der Waals surface area contributed by atoms with E-state index in [1.165, 1.54) is 19.3 Å². The van der Waals surface area contributed by atoms with Crippen LogP contribution in [0.4, 0.5) is 4.79 Å². The molecule has 2 amide bonds. The van der Waals surface area contributed by atoms with Crippen molar-refractivity contribution in [3.8, 4) is 0 Å². The number of methoxy groups -OCH3 is 1. The van der Waals surface area contributed by atoms with Crippen molar-refractivity contribution in [3.63, 3.8) is 0 Å². The van der Waals surface area contributed by atoms with Crippen LogP contribution in [-0.4, -0.2) is 62.9 Å². The Balaban J connectivity index is 1.34. The number of rotatable bonds is 7. The molecule has 1 aliphatic carbocycles. The number of hydrogen-bond acceptors (Lipinski definition) is 6. The van der Waals surface area contributed by atoms with Crippen molar-refractivity contribution in [2.24, 2.45) is 0 Å². The highest BCUT2D eigenvalue weighted by Crippen LogP contribution is 2.20. The molecule has 2 saturated heterocycles. The molecule has 3 rings (SSSR count). The SMILES string of the molecule is COC1CCC(NC(=O)NC2NC(C)CC(NCCC3CCCCN3)N2)CC1. The molecule has 3 fully saturated rings. The van der Waals surface area contributed by atoms with E-state index in [0.29, 0.717) is 18.2 Å². The summed E-state index contributed by atoms with van der Waals surface area (Å²) in [6.45, 7) is 4.31. The zero-order chi connectivity index (χ0) is 19.8. The molecule has 2 aliphatic heterocycles. The highest BCUT2D eigenvalue weighted by Gasteiger charge is 2.27. The molecule has 0 spiro atoms. The molecule has 4 atom stereocenters. The number of hydrogen-bond donors (Lipinski definition) is 6. The minimum Gasteiger partial charge on any atom is -0.381 e. The van der Waals surface area contributed by atoms with Crippen LogP contribution in [0.25, 0.3) is 0 Å². The maximum absolute atomic E-state index is 12.4. The quantitative estimate of drug-likeness (QED) is 0.383. The first-order valence-electron chi connectivity index (χ1n) is 11.2. The van der Waals surface area contributed by atoms with Crippen molar-refractivity contribution in [1.82, 2.24) is 31.9 Å². The molecule has 162 valence electrons. The van der Waals surface area contributed by atoms with Gasteiger partial charge in [-0.3, -0.25) is 10.6 Å². The Morgan fingerprint density at radius 3 is 2.61 bits per heavy atom. The lowest BCUT2D eigenvalue weighted by Gasteiger charge is -2.37. The Bertz CT molecular complexity index is 466. The standard InChI is InChI=1S/C20H40N6O2/c1-14-13-18(22-12-10-15-5-3-4-11-21-15)25-19(23-14)26-20(27)24-16-6-8-17(28-2)9-7-16/h14-19,21-23,25H,3-13H2,1-2H3,(H2,24,26,27). The van der Waals surface area contributed by atoms with Crippen LogP contribution < -0.4 is 31.9 Å². The normalized spacial score (nSPS) is 36.6. The van der Waals surface area contributed by atoms with Crippen molar-refractivity contribution < 1.29 is 9.53 Å². The largest absolute Gasteiger partial charge is 0.381 e. The first-order valence-corrected chi connectivity index (χ1v) is 11.2. The number of carbonyl (C=O) groups is 1. The van der Waals surface area contributed by atoms with E-state index in [9.17, 15) is 4.79 Å². The first kappa shape index (κ1) is 21.8. The molecule has 0 aromatic heterocycles. The summed E-state index contributed by atoms with van der Waals surface area (Å²) in [6.07, 6.45) is 10.4. The van der Waals surface area contributed by atoms with E-state index >= 15 is 0 Å². The lowest BCUT2D eigenvalue weighted by molar-refractivity contribution is 0.0633. The Labute approximate surface area is 169 Å². The Morgan fingerprint density at radius 2 is 1.89 bits per heavy atom. The van der Waals surface area contributed by atoms with Crippen molar-refractivity contribution in [2.45, 2.75) is 101 Å². The van der Waals surface area contributed by atoms with Gasteiger partial charge in [0.15, 0.2) is 0 Å². The second kappa shape index (κ2) is 11.3. The second-order valence-corrected chi connectivity index (χ2v) is 8.67. The molecule has 3 aliphatic rings. The zero-order valence-electron chi connectivity index (χ0n) is 17.6. The minimum absolute atomic E-state index is 0.106. The first-order chi connectivity index (χ1) is 13.6. The van der Waals surface area contributed by atoms with Crippen molar-refractivity contribution >= 4 is 6.03 Å². The van der Waals surface area contributed by atoms with Gasteiger partial charge in [0.25, 0.3) is 0 Å². The van der Waals surface area contributed by atoms with Crippen molar-refractivity contribution in [3.05, 3.63) is 0 Å². The highest BCUT2D eigenvalue weighted by atomic mass is 16.5. The van der Waals surface area contributed by atoms with Crippen LogP contribution in [0.3, 0.4) is 0 Å². The van der Waals surface area contributed by atoms with Crippen LogP contribution in [-0.2, 0) is 4.74 Å². The van der Waals surface area contributed by atoms with Gasteiger partial charge >= 0.3 is 6.03 Å². The van der Waals surface area contributed by atoms with Crippen LogP contribution in [0, 0.1) is 0 Å². The van der Waals surface area contributed by atoms with E-state index in [4.69, 9.17) is 4.74 Å². The van der Waals surface area contributed by atoms with Gasteiger partial charge in [0, 0.05) is 25.2 Å². The summed E-state index contributed by atoms with van der Waals surface area (Å²) in [4.78, 5) is 12.4. The topological polar surface area (TPSA) is 98.5 Å². The maximum Gasteiger partial charge on any atom is 0.317 e. The average Bonchev–Trinajstić information content (AvgIpc) is 2.69. The minimum atomic E-state index is -0.218. The maximum atomic E-state index is 12.4. The summed E-state index contributed by atoms with van der Waals surface area (Å²) in [6, 6.07) is 1.12. The lowest BCUT2D eigenvalue weighted by Crippen LogP contribution is -2.68. The molecular formula is C20H40N6O2. The summed E-state index contributed by atoms with van der Waals surface area (Å²) in [5.41, 5.74) is 0. The van der Waals surface area contributed by atoms with Gasteiger partial charge in [0.2, 0.25) is 0 Å². The molecule has 8 heteroatoms. The Morgan fingerprint density at radius 1 is 1.07 bits per heavy atom. The fourth-order valence-electron chi connectivity index (χ4n) is 4.65. The smallest absolute Gasteiger partial charge is 0.317 e. The molecule has 4 unspecified atom stereocenters. The van der Waals surface area contributed by atoms with E-state index in [2.05, 4.69) is 38.8 Å². The molecule has 6 N–H and O–H groups in total. The summed E-state index contributed by atoms with van der Waals surface area (Å²) < 4.78 is 5.40. The number of carbonyl (C=O) groups excluding carboxylic acids is 1. The highest BCUT2D eigenvalue weighted by molar-refractivity contribution is 5.74. The van der Waals surface area contributed by atoms with Gasteiger partial charge in [-0.25, -0.2) is 4.79 Å². The predicted molar refractivity (Wildman–Crippen MR) is 111 cm³/mol. The van der Waals surface area contributed by atoms with Crippen LogP contribution in [0.15, 0.2) is 0 Å². The van der Waals surface area contributed by atoms with Gasteiger partial charge in [0.05, 0.1) is 12.3 Å². The van der Waals surface area contributed by atoms with Gasteiger partial charge in [-0.2, -0.15) is 0 Å². The van der Waals surface area contributed by atoms with Gasteiger partial charge in [-0.05, 0) is 71.4 Å². The van der Waals surface area contributed by atoms with Crippen LogP contribution >= 0.6 is 0 Å². The van der Waals surface area contributed by atoms with E-state index in [0.717, 1.165) is 51.6 Å². The van der Waals surface area contributed by atoms with Crippen molar-refractivity contribution in [2.75, 3.05) is 20.2 Å². The molecule has 2 heterocycles. The predicted octanol–water partition coefficient (Wildman–Crippen LogP) is 0.946. The Hall–Kier alpha value is -0.930. The molecule has 8 nitrogen and oxygen atoms in total. The molecular weight excluding hydrogens is 356 g/mol. The molecule has 1 saturated carbocycles. The summed E-state index contributed by atoms with van der Waals surface area (Å²) in [5, 5.41) is 20.3. The summed E-state index contributed by atoms with van der Waals surface area (Å²) in [7, 11) is 1.77. The fraction of sp³-hybridized carbons (Fsp3) is 0.950. The Kier molecular flexibility index (Phi) is 8.79. The zero-order valence-corrected chi connectivity index (χ0v) is 17.6. The van der Waals surface area contributed by atoms with Gasteiger partial charge in [-0.15, -0.1) is 0 Å². The molecule has 28 heavy (non-hydrogen) atoms. The van der Waals surface area contributed by atoms with Crippen molar-refractivity contribution in [1.29, 1.82) is 0 Å². The third kappa shape index (κ3) is 7.15. The van der Waals surface area contributed by atoms with Gasteiger partial charge < -0.3 is 26.0 Å². The van der Waals surface area contributed by atoms with E-state index in [-0.39, 0.29) is 24.5 Å². The monoisotopic (exact) mass is 396 g/mol. The molecule has 0 radical (unpaired) electrons. The summed E-state index contributed by atoms with van der Waals surface area (Å²) >= 11 is 0. The van der Waals surface area contributed by atoms with E-state index in [1.54, 1.807) is 7.11 Å².